The van der Waals surface area contributed by atoms with Crippen molar-refractivity contribution in [2.45, 2.75) is 74.7 Å². The molecular weight excluding hydrogens is 706 g/mol. The van der Waals surface area contributed by atoms with Gasteiger partial charge in [0.05, 0.1) is 10.6 Å². The smallest absolute Gasteiger partial charge is 0.330 e. The molecular formula is C47H48O5P2. The fourth-order valence-corrected chi connectivity index (χ4v) is 10.5. The number of ether oxygens (including phenoxy) is 1. The molecule has 1 aliphatic rings. The monoisotopic (exact) mass is 754 g/mol. The molecule has 0 fully saturated rings. The van der Waals surface area contributed by atoms with Gasteiger partial charge in [-0.1, -0.05) is 111 Å². The summed E-state index contributed by atoms with van der Waals surface area (Å²) in [5, 5.41) is 1.72. The van der Waals surface area contributed by atoms with Gasteiger partial charge in [0.1, 0.15) is 34.5 Å². The first-order chi connectivity index (χ1) is 25.8. The van der Waals surface area contributed by atoms with Gasteiger partial charge < -0.3 is 22.8 Å². The Kier molecular flexibility index (Phi) is 10.5. The van der Waals surface area contributed by atoms with Crippen LogP contribution in [-0.2, 0) is 5.41 Å². The highest BCUT2D eigenvalue weighted by atomic mass is 31.2. The molecule has 0 N–H and O–H groups in total. The lowest BCUT2D eigenvalue weighted by atomic mass is 9.76. The van der Waals surface area contributed by atoms with Crippen LogP contribution in [0.5, 0.6) is 34.5 Å². The minimum atomic E-state index is -1.72. The first-order valence-electron chi connectivity index (χ1n) is 18.4. The highest BCUT2D eigenvalue weighted by Crippen LogP contribution is 2.55. The molecule has 6 aromatic rings. The van der Waals surface area contributed by atoms with Crippen molar-refractivity contribution >= 4 is 27.4 Å². The Bertz CT molecular complexity index is 2010. The van der Waals surface area contributed by atoms with Gasteiger partial charge in [0, 0.05) is 16.5 Å². The van der Waals surface area contributed by atoms with Gasteiger partial charge in [0.25, 0.3) is 0 Å². The lowest BCUT2D eigenvalue weighted by Gasteiger charge is -2.37. The molecule has 6 aromatic carbocycles. The van der Waals surface area contributed by atoms with E-state index < -0.39 is 22.2 Å². The van der Waals surface area contributed by atoms with Crippen LogP contribution >= 0.6 is 16.8 Å². The largest absolute Gasteiger partial charge is 0.455 e. The number of rotatable bonds is 10. The van der Waals surface area contributed by atoms with Gasteiger partial charge in [-0.05, 0) is 112 Å². The van der Waals surface area contributed by atoms with Gasteiger partial charge in [-0.15, -0.1) is 0 Å². The molecule has 1 aliphatic heterocycles. The van der Waals surface area contributed by atoms with E-state index in [4.69, 9.17) is 22.8 Å². The molecule has 0 aromatic heterocycles. The zero-order chi connectivity index (χ0) is 38.3. The van der Waals surface area contributed by atoms with Crippen molar-refractivity contribution < 1.29 is 22.8 Å². The van der Waals surface area contributed by atoms with Crippen molar-refractivity contribution in [2.24, 2.45) is 0 Å². The molecule has 0 saturated heterocycles. The molecule has 0 spiro atoms. The van der Waals surface area contributed by atoms with Gasteiger partial charge in [0.15, 0.2) is 0 Å². The Hall–Kier alpha value is -4.82. The zero-order valence-corrected chi connectivity index (χ0v) is 34.6. The topological polar surface area (TPSA) is 46.2 Å². The van der Waals surface area contributed by atoms with E-state index in [-0.39, 0.29) is 0 Å². The van der Waals surface area contributed by atoms with Crippen LogP contribution in [0.3, 0.4) is 0 Å². The van der Waals surface area contributed by atoms with Crippen molar-refractivity contribution in [1.29, 1.82) is 0 Å². The molecule has 0 unspecified atom stereocenters. The van der Waals surface area contributed by atoms with Gasteiger partial charge in [-0.2, -0.15) is 0 Å². The predicted molar refractivity (Wildman–Crippen MR) is 224 cm³/mol. The van der Waals surface area contributed by atoms with E-state index in [0.29, 0.717) is 0 Å². The average Bonchev–Trinajstić information content (AvgIpc) is 3.13. The van der Waals surface area contributed by atoms with Crippen molar-refractivity contribution in [3.63, 3.8) is 0 Å². The maximum Gasteiger partial charge on any atom is 0.330 e. The standard InChI is InChI=1S/C47H48O5P2/c1-29-17-11-18-30(2)41(29)49-53(50-42-31(3)19-12-20-32(42)4)39-27-15-25-37-45(39)48-46-38(47(37,9)10)26-16-28-40(46)54(51-43-33(5)21-13-22-34(43)6)52-44-35(7)23-14-24-36(44)8/h11-28H,1-10H3. The summed E-state index contributed by atoms with van der Waals surface area (Å²) in [4.78, 5) is 0. The van der Waals surface area contributed by atoms with Crippen LogP contribution in [0.15, 0.2) is 109 Å². The zero-order valence-electron chi connectivity index (χ0n) is 32.8. The molecule has 5 nitrogen and oxygen atoms in total. The maximum absolute atomic E-state index is 7.24. The summed E-state index contributed by atoms with van der Waals surface area (Å²) < 4.78 is 35.3. The van der Waals surface area contributed by atoms with Gasteiger partial charge in [-0.25, -0.2) is 0 Å². The van der Waals surface area contributed by atoms with Crippen LogP contribution in [0.4, 0.5) is 0 Å². The fraction of sp³-hybridized carbons (Fsp3) is 0.234. The van der Waals surface area contributed by atoms with Crippen molar-refractivity contribution in [2.75, 3.05) is 0 Å². The van der Waals surface area contributed by atoms with E-state index in [9.17, 15) is 0 Å². The Morgan fingerprint density at radius 3 is 0.870 bits per heavy atom. The van der Waals surface area contributed by atoms with Crippen LogP contribution in [0.25, 0.3) is 0 Å². The van der Waals surface area contributed by atoms with E-state index in [1.165, 1.54) is 0 Å². The average molecular weight is 755 g/mol. The summed E-state index contributed by atoms with van der Waals surface area (Å²) >= 11 is 0. The van der Waals surface area contributed by atoms with Crippen molar-refractivity contribution in [1.82, 2.24) is 0 Å². The molecule has 54 heavy (non-hydrogen) atoms. The number of hydrogen-bond donors (Lipinski definition) is 0. The van der Waals surface area contributed by atoms with Gasteiger partial charge >= 0.3 is 16.8 Å². The molecule has 0 aliphatic carbocycles. The number of hydrogen-bond acceptors (Lipinski definition) is 5. The summed E-state index contributed by atoms with van der Waals surface area (Å²) in [6.07, 6.45) is 0. The first-order valence-corrected chi connectivity index (χ1v) is 20.7. The summed E-state index contributed by atoms with van der Waals surface area (Å²) in [5.41, 5.74) is 10.0. The molecule has 1 heterocycles. The summed E-state index contributed by atoms with van der Waals surface area (Å²) in [6.45, 7) is 21.1. The first kappa shape index (κ1) is 37.5. The van der Waals surface area contributed by atoms with Crippen LogP contribution < -0.4 is 33.4 Å². The minimum Gasteiger partial charge on any atom is -0.455 e. The lowest BCUT2D eigenvalue weighted by Crippen LogP contribution is -2.31. The van der Waals surface area contributed by atoms with Crippen LogP contribution in [0, 0.1) is 55.4 Å². The summed E-state index contributed by atoms with van der Waals surface area (Å²) in [5.74, 6) is 4.74. The molecule has 7 rings (SSSR count). The molecule has 0 bridgehead atoms. The number of aryl methyl sites for hydroxylation is 8. The molecule has 0 saturated carbocycles. The third kappa shape index (κ3) is 7.08. The number of para-hydroxylation sites is 6. The Morgan fingerprint density at radius 2 is 0.611 bits per heavy atom. The van der Waals surface area contributed by atoms with E-state index in [2.05, 4.69) is 178 Å². The molecule has 0 atom stereocenters. The second kappa shape index (κ2) is 15.1. The molecule has 0 amide bonds. The maximum atomic E-state index is 7.24. The second-order valence-electron chi connectivity index (χ2n) is 14.8. The van der Waals surface area contributed by atoms with E-state index >= 15 is 0 Å². The normalized spacial score (nSPS) is 12.9. The SMILES string of the molecule is Cc1cccc(C)c1OP(Oc1c(C)cccc1C)c1cccc2c1Oc1c(P(Oc3c(C)cccc3C)Oc3c(C)cccc3C)cccc1C2(C)C. The Labute approximate surface area is 323 Å². The van der Waals surface area contributed by atoms with E-state index in [1.54, 1.807) is 0 Å². The number of fused-ring (bicyclic) bond motifs is 2. The predicted octanol–water partition coefficient (Wildman–Crippen LogP) is 12.8. The third-order valence-corrected chi connectivity index (χ3v) is 13.1. The van der Waals surface area contributed by atoms with Crippen molar-refractivity contribution in [3.05, 3.63) is 165 Å². The highest BCUT2D eigenvalue weighted by molar-refractivity contribution is 7.57. The third-order valence-electron chi connectivity index (χ3n) is 10.3. The van der Waals surface area contributed by atoms with E-state index in [0.717, 1.165) is 101 Å². The van der Waals surface area contributed by atoms with Gasteiger partial charge in [0.2, 0.25) is 0 Å². The molecule has 0 radical (unpaired) electrons. The van der Waals surface area contributed by atoms with Crippen LogP contribution in [0.2, 0.25) is 0 Å². The van der Waals surface area contributed by atoms with E-state index in [1.807, 2.05) is 0 Å². The summed E-state index contributed by atoms with van der Waals surface area (Å²) in [7, 11) is -3.44. The van der Waals surface area contributed by atoms with Gasteiger partial charge in [-0.3, -0.25) is 0 Å². The summed E-state index contributed by atoms with van der Waals surface area (Å²) in [6, 6.07) is 37.5. The molecule has 7 heteroatoms. The fourth-order valence-electron chi connectivity index (χ4n) is 7.12. The number of benzene rings is 6. The van der Waals surface area contributed by atoms with Crippen molar-refractivity contribution in [3.8, 4) is 34.5 Å². The quantitative estimate of drug-likeness (QED) is 0.130. The molecule has 276 valence electrons. The minimum absolute atomic E-state index is 0.439. The van der Waals surface area contributed by atoms with Crippen LogP contribution in [0.1, 0.15) is 69.5 Å². The Balaban J connectivity index is 1.40. The Morgan fingerprint density at radius 1 is 0.370 bits per heavy atom. The van der Waals surface area contributed by atoms with Crippen LogP contribution in [-0.4, -0.2) is 0 Å². The lowest BCUT2D eigenvalue weighted by molar-refractivity contribution is 0.420. The second-order valence-corrected chi connectivity index (χ2v) is 17.5. The highest BCUT2D eigenvalue weighted by Gasteiger charge is 2.41.